The maximum absolute atomic E-state index is 12.5. The van der Waals surface area contributed by atoms with Crippen molar-refractivity contribution in [2.75, 3.05) is 7.11 Å². The lowest BCUT2D eigenvalue weighted by Crippen LogP contribution is -2.59. The van der Waals surface area contributed by atoms with Crippen LogP contribution >= 0.6 is 0 Å². The molecule has 4 rings (SSSR count). The zero-order chi connectivity index (χ0) is 20.3. The van der Waals surface area contributed by atoms with Crippen LogP contribution in [0.25, 0.3) is 0 Å². The van der Waals surface area contributed by atoms with Crippen molar-refractivity contribution < 1.29 is 24.2 Å². The average molecular weight is 393 g/mol. The normalized spacial score (nSPS) is 50.1. The molecule has 1 N–H and O–H groups in total. The summed E-state index contributed by atoms with van der Waals surface area (Å²) < 4.78 is 10.6. The van der Waals surface area contributed by atoms with Crippen LogP contribution in [0.2, 0.25) is 0 Å². The largest absolute Gasteiger partial charge is 0.467 e. The van der Waals surface area contributed by atoms with Gasteiger partial charge in [-0.15, -0.1) is 0 Å². The van der Waals surface area contributed by atoms with Crippen molar-refractivity contribution in [3.63, 3.8) is 0 Å². The van der Waals surface area contributed by atoms with Gasteiger partial charge in [0.05, 0.1) is 7.11 Å². The number of carbonyl (C=O) groups excluding carboxylic acids is 2. The van der Waals surface area contributed by atoms with Crippen molar-refractivity contribution in [1.29, 1.82) is 0 Å². The predicted octanol–water partition coefficient (Wildman–Crippen LogP) is 3.86. The topological polar surface area (TPSA) is 72.8 Å². The first kappa shape index (κ1) is 20.2. The Bertz CT molecular complexity index is 661. The second-order valence-corrected chi connectivity index (χ2v) is 10.5. The second kappa shape index (κ2) is 6.72. The minimum atomic E-state index is -1.33. The number of methoxy groups -OCH3 is 1. The molecule has 0 bridgehead atoms. The first-order valence-electron chi connectivity index (χ1n) is 11.1. The van der Waals surface area contributed by atoms with Gasteiger partial charge in [0.1, 0.15) is 6.10 Å². The van der Waals surface area contributed by atoms with Gasteiger partial charge in [-0.25, -0.2) is 4.79 Å². The third kappa shape index (κ3) is 2.68. The van der Waals surface area contributed by atoms with E-state index in [1.165, 1.54) is 20.5 Å². The van der Waals surface area contributed by atoms with Gasteiger partial charge < -0.3 is 14.6 Å². The maximum atomic E-state index is 12.5. The van der Waals surface area contributed by atoms with E-state index >= 15 is 0 Å². The van der Waals surface area contributed by atoms with Crippen LogP contribution < -0.4 is 0 Å². The molecule has 0 aliphatic heterocycles. The van der Waals surface area contributed by atoms with E-state index < -0.39 is 11.6 Å². The summed E-state index contributed by atoms with van der Waals surface area (Å²) in [7, 11) is 1.39. The summed E-state index contributed by atoms with van der Waals surface area (Å²) in [6.45, 7) is 6.10. The standard InChI is InChI=1S/C23H36O5/c1-14(24)28-16-7-10-21(2)15(13-16)5-6-17-18(21)8-11-22(3)19(17)9-12-23(22,26)20(25)27-4/h15-19,26H,5-13H2,1-4H3/t15-,16-,17+,18-,19-,21-,22-,23-/m0/s1. The summed E-state index contributed by atoms with van der Waals surface area (Å²) in [6, 6.07) is 0. The quantitative estimate of drug-likeness (QED) is 0.722. The number of carbonyl (C=O) groups is 2. The van der Waals surface area contributed by atoms with Crippen molar-refractivity contribution in [2.45, 2.75) is 90.3 Å². The Morgan fingerprint density at radius 1 is 0.964 bits per heavy atom. The molecular formula is C23H36O5. The van der Waals surface area contributed by atoms with Gasteiger partial charge in [0.15, 0.2) is 5.60 Å². The second-order valence-electron chi connectivity index (χ2n) is 10.5. The molecule has 8 atom stereocenters. The third-order valence-electron chi connectivity index (χ3n) is 9.62. The Hall–Kier alpha value is -1.10. The minimum Gasteiger partial charge on any atom is -0.467 e. The minimum absolute atomic E-state index is 0.0804. The molecule has 4 fully saturated rings. The molecule has 4 aliphatic rings. The highest BCUT2D eigenvalue weighted by Crippen LogP contribution is 2.68. The molecule has 4 saturated carbocycles. The highest BCUT2D eigenvalue weighted by molar-refractivity contribution is 5.81. The van der Waals surface area contributed by atoms with Crippen molar-refractivity contribution in [3.8, 4) is 0 Å². The molecule has 0 radical (unpaired) electrons. The lowest BCUT2D eigenvalue weighted by Gasteiger charge is -2.61. The lowest BCUT2D eigenvalue weighted by atomic mass is 9.44. The number of esters is 2. The Morgan fingerprint density at radius 2 is 1.68 bits per heavy atom. The number of hydrogen-bond donors (Lipinski definition) is 1. The summed E-state index contributed by atoms with van der Waals surface area (Å²) in [4.78, 5) is 23.9. The molecular weight excluding hydrogens is 356 g/mol. The van der Waals surface area contributed by atoms with E-state index in [4.69, 9.17) is 9.47 Å². The van der Waals surface area contributed by atoms with Crippen LogP contribution in [0.3, 0.4) is 0 Å². The summed E-state index contributed by atoms with van der Waals surface area (Å²) >= 11 is 0. The predicted molar refractivity (Wildman–Crippen MR) is 104 cm³/mol. The highest BCUT2D eigenvalue weighted by atomic mass is 16.5. The van der Waals surface area contributed by atoms with Crippen molar-refractivity contribution in [2.24, 2.45) is 34.5 Å². The summed E-state index contributed by atoms with van der Waals surface area (Å²) in [5.41, 5.74) is -1.42. The first-order chi connectivity index (χ1) is 13.2. The Morgan fingerprint density at radius 3 is 2.36 bits per heavy atom. The number of ether oxygens (including phenoxy) is 2. The molecule has 4 aliphatic carbocycles. The van der Waals surface area contributed by atoms with Crippen molar-refractivity contribution in [3.05, 3.63) is 0 Å². The molecule has 5 nitrogen and oxygen atoms in total. The molecule has 0 amide bonds. The van der Waals surface area contributed by atoms with Gasteiger partial charge in [-0.3, -0.25) is 4.79 Å². The molecule has 0 saturated heterocycles. The molecule has 0 aromatic carbocycles. The van der Waals surface area contributed by atoms with E-state index in [1.54, 1.807) is 0 Å². The van der Waals surface area contributed by atoms with Crippen LogP contribution in [0.15, 0.2) is 0 Å². The van der Waals surface area contributed by atoms with Crippen LogP contribution in [-0.2, 0) is 19.1 Å². The summed E-state index contributed by atoms with van der Waals surface area (Å²) in [5, 5.41) is 11.3. The van der Waals surface area contributed by atoms with E-state index in [2.05, 4.69) is 13.8 Å². The molecule has 0 aromatic rings. The van der Waals surface area contributed by atoms with E-state index in [0.717, 1.165) is 44.9 Å². The monoisotopic (exact) mass is 392 g/mol. The molecule has 0 spiro atoms. The van der Waals surface area contributed by atoms with Crippen molar-refractivity contribution >= 4 is 11.9 Å². The number of aliphatic hydroxyl groups is 1. The third-order valence-corrected chi connectivity index (χ3v) is 9.62. The number of fused-ring (bicyclic) bond motifs is 5. The number of hydrogen-bond acceptors (Lipinski definition) is 5. The summed E-state index contributed by atoms with van der Waals surface area (Å²) in [5.74, 6) is 1.60. The average Bonchev–Trinajstić information content (AvgIpc) is 2.93. The fourth-order valence-electron chi connectivity index (χ4n) is 8.08. The van der Waals surface area contributed by atoms with Crippen LogP contribution in [0.4, 0.5) is 0 Å². The Kier molecular flexibility index (Phi) is 4.84. The van der Waals surface area contributed by atoms with Crippen LogP contribution in [0, 0.1) is 34.5 Å². The van der Waals surface area contributed by atoms with Gasteiger partial charge in [0, 0.05) is 12.3 Å². The SMILES string of the molecule is COC(=O)[C@@]1(O)CC[C@H]2[C@@H]3CC[C@H]4C[C@@H](OC(C)=O)CC[C@]4(C)[C@H]3CC[C@@]21C. The lowest BCUT2D eigenvalue weighted by molar-refractivity contribution is -0.191. The Balaban J connectivity index is 1.56. The van der Waals surface area contributed by atoms with Crippen molar-refractivity contribution in [1.82, 2.24) is 0 Å². The fraction of sp³-hybridized carbons (Fsp3) is 0.913. The molecule has 0 aromatic heterocycles. The van der Waals surface area contributed by atoms with Crippen LogP contribution in [0.5, 0.6) is 0 Å². The molecule has 5 heteroatoms. The van der Waals surface area contributed by atoms with Gasteiger partial charge in [-0.05, 0) is 86.9 Å². The molecule has 0 heterocycles. The smallest absolute Gasteiger partial charge is 0.338 e. The van der Waals surface area contributed by atoms with Crippen LogP contribution in [0.1, 0.15) is 78.6 Å². The zero-order valence-corrected chi connectivity index (χ0v) is 17.8. The van der Waals surface area contributed by atoms with E-state index in [1.807, 2.05) is 0 Å². The maximum Gasteiger partial charge on any atom is 0.338 e. The number of rotatable bonds is 2. The van der Waals surface area contributed by atoms with Gasteiger partial charge in [-0.2, -0.15) is 0 Å². The van der Waals surface area contributed by atoms with Gasteiger partial charge in [0.2, 0.25) is 0 Å². The van der Waals surface area contributed by atoms with Gasteiger partial charge in [-0.1, -0.05) is 13.8 Å². The summed E-state index contributed by atoms with van der Waals surface area (Å²) in [6.07, 6.45) is 8.88. The zero-order valence-electron chi connectivity index (χ0n) is 17.8. The van der Waals surface area contributed by atoms with E-state index in [0.29, 0.717) is 30.1 Å². The molecule has 28 heavy (non-hydrogen) atoms. The Labute approximate surface area is 168 Å². The molecule has 0 unspecified atom stereocenters. The molecule has 158 valence electrons. The first-order valence-corrected chi connectivity index (χ1v) is 11.1. The fourth-order valence-corrected chi connectivity index (χ4v) is 8.08. The van der Waals surface area contributed by atoms with Gasteiger partial charge >= 0.3 is 11.9 Å². The van der Waals surface area contributed by atoms with Crippen LogP contribution in [-0.4, -0.2) is 35.9 Å². The van der Waals surface area contributed by atoms with E-state index in [-0.39, 0.29) is 22.9 Å². The van der Waals surface area contributed by atoms with E-state index in [9.17, 15) is 14.7 Å². The highest BCUT2D eigenvalue weighted by Gasteiger charge is 2.67. The van der Waals surface area contributed by atoms with Gasteiger partial charge in [0.25, 0.3) is 0 Å².